The summed E-state index contributed by atoms with van der Waals surface area (Å²) in [6, 6.07) is 15.5. The van der Waals surface area contributed by atoms with Crippen LogP contribution in [0.4, 0.5) is 0 Å². The zero-order valence-electron chi connectivity index (χ0n) is 14.6. The Morgan fingerprint density at radius 1 is 1.12 bits per heavy atom. The van der Waals surface area contributed by atoms with Crippen LogP contribution in [0, 0.1) is 13.8 Å². The fourth-order valence-corrected chi connectivity index (χ4v) is 2.61. The molecule has 0 aliphatic heterocycles. The van der Waals surface area contributed by atoms with Crippen molar-refractivity contribution in [2.24, 2.45) is 0 Å². The molecule has 1 heterocycles. The van der Waals surface area contributed by atoms with Gasteiger partial charge in [0.2, 0.25) is 0 Å². The first-order chi connectivity index (χ1) is 12.1. The molecule has 5 nitrogen and oxygen atoms in total. The van der Waals surface area contributed by atoms with E-state index >= 15 is 0 Å². The summed E-state index contributed by atoms with van der Waals surface area (Å²) in [5.41, 5.74) is 5.53. The van der Waals surface area contributed by atoms with Crippen LogP contribution in [-0.4, -0.2) is 23.2 Å². The van der Waals surface area contributed by atoms with E-state index in [0.29, 0.717) is 12.2 Å². The number of carbonyl (C=O) groups is 1. The third kappa shape index (κ3) is 3.71. The molecular weight excluding hydrogens is 314 g/mol. The van der Waals surface area contributed by atoms with Crippen molar-refractivity contribution < 1.29 is 9.53 Å². The smallest absolute Gasteiger partial charge is 0.269 e. The molecule has 0 radical (unpaired) electrons. The molecule has 0 saturated carbocycles. The maximum absolute atomic E-state index is 12.4. The molecule has 1 amide bonds. The highest BCUT2D eigenvalue weighted by molar-refractivity contribution is 5.93. The first-order valence-corrected chi connectivity index (χ1v) is 8.11. The Morgan fingerprint density at radius 3 is 2.68 bits per heavy atom. The van der Waals surface area contributed by atoms with Gasteiger partial charge in [-0.3, -0.25) is 9.89 Å². The van der Waals surface area contributed by atoms with E-state index in [-0.39, 0.29) is 5.91 Å². The first kappa shape index (κ1) is 16.8. The van der Waals surface area contributed by atoms with Gasteiger partial charge >= 0.3 is 0 Å². The Labute approximate surface area is 147 Å². The van der Waals surface area contributed by atoms with E-state index in [1.165, 1.54) is 11.1 Å². The molecule has 1 aromatic heterocycles. The summed E-state index contributed by atoms with van der Waals surface area (Å²) in [5, 5.41) is 9.95. The molecule has 0 fully saturated rings. The Morgan fingerprint density at radius 2 is 1.92 bits per heavy atom. The standard InChI is InChI=1S/C20H21N3O2/c1-13-8-9-15(10-14(13)2)17-11-18(23-22-17)20(24)21-12-16-6-4-5-7-19(16)25-3/h4-11H,12H2,1-3H3,(H,21,24)(H,22,23). The minimum Gasteiger partial charge on any atom is -0.496 e. The summed E-state index contributed by atoms with van der Waals surface area (Å²) in [6.45, 7) is 4.52. The van der Waals surface area contributed by atoms with Crippen LogP contribution in [0.5, 0.6) is 5.75 Å². The molecule has 0 spiro atoms. The quantitative estimate of drug-likeness (QED) is 0.748. The number of hydrogen-bond acceptors (Lipinski definition) is 3. The molecule has 0 unspecified atom stereocenters. The highest BCUT2D eigenvalue weighted by atomic mass is 16.5. The Kier molecular flexibility index (Phi) is 4.84. The highest BCUT2D eigenvalue weighted by Gasteiger charge is 2.12. The average Bonchev–Trinajstić information content (AvgIpc) is 3.12. The topological polar surface area (TPSA) is 67.0 Å². The van der Waals surface area contributed by atoms with E-state index in [1.54, 1.807) is 13.2 Å². The van der Waals surface area contributed by atoms with Crippen molar-refractivity contribution in [3.05, 3.63) is 70.9 Å². The fraction of sp³-hybridized carbons (Fsp3) is 0.200. The van der Waals surface area contributed by atoms with Gasteiger partial charge in [0.15, 0.2) is 0 Å². The lowest BCUT2D eigenvalue weighted by Crippen LogP contribution is -2.23. The average molecular weight is 335 g/mol. The lowest BCUT2D eigenvalue weighted by atomic mass is 10.0. The van der Waals surface area contributed by atoms with Crippen molar-refractivity contribution in [2.75, 3.05) is 7.11 Å². The molecule has 25 heavy (non-hydrogen) atoms. The van der Waals surface area contributed by atoms with E-state index < -0.39 is 0 Å². The summed E-state index contributed by atoms with van der Waals surface area (Å²) in [7, 11) is 1.62. The van der Waals surface area contributed by atoms with Gasteiger partial charge in [0, 0.05) is 17.7 Å². The number of benzene rings is 2. The molecule has 0 aliphatic rings. The van der Waals surface area contributed by atoms with E-state index in [4.69, 9.17) is 4.74 Å². The second kappa shape index (κ2) is 7.21. The van der Waals surface area contributed by atoms with Gasteiger partial charge < -0.3 is 10.1 Å². The number of aromatic amines is 1. The second-order valence-electron chi connectivity index (χ2n) is 5.96. The first-order valence-electron chi connectivity index (χ1n) is 8.11. The van der Waals surface area contributed by atoms with Gasteiger partial charge in [-0.2, -0.15) is 5.10 Å². The maximum Gasteiger partial charge on any atom is 0.269 e. The number of rotatable bonds is 5. The third-order valence-electron chi connectivity index (χ3n) is 4.26. The molecular formula is C20H21N3O2. The van der Waals surface area contributed by atoms with Gasteiger partial charge in [-0.15, -0.1) is 0 Å². The highest BCUT2D eigenvalue weighted by Crippen LogP contribution is 2.21. The van der Waals surface area contributed by atoms with E-state index in [1.807, 2.05) is 30.3 Å². The Bertz CT molecular complexity index is 899. The van der Waals surface area contributed by atoms with Crippen molar-refractivity contribution in [1.29, 1.82) is 0 Å². The summed E-state index contributed by atoms with van der Waals surface area (Å²) in [4.78, 5) is 12.4. The largest absolute Gasteiger partial charge is 0.496 e. The van der Waals surface area contributed by atoms with Crippen LogP contribution in [0.3, 0.4) is 0 Å². The number of H-pyrrole nitrogens is 1. The molecule has 2 aromatic carbocycles. The van der Waals surface area contributed by atoms with E-state index in [0.717, 1.165) is 22.6 Å². The molecule has 128 valence electrons. The van der Waals surface area contributed by atoms with E-state index in [2.05, 4.69) is 41.5 Å². The number of para-hydroxylation sites is 1. The van der Waals surface area contributed by atoms with Gasteiger partial charge in [-0.1, -0.05) is 30.3 Å². The monoisotopic (exact) mass is 335 g/mol. The minimum atomic E-state index is -0.200. The lowest BCUT2D eigenvalue weighted by Gasteiger charge is -2.08. The zero-order valence-corrected chi connectivity index (χ0v) is 14.6. The summed E-state index contributed by atoms with van der Waals surface area (Å²) >= 11 is 0. The number of aromatic nitrogens is 2. The molecule has 0 atom stereocenters. The Hall–Kier alpha value is -3.08. The van der Waals surface area contributed by atoms with Gasteiger partial charge in [0.05, 0.1) is 12.8 Å². The zero-order chi connectivity index (χ0) is 17.8. The summed E-state index contributed by atoms with van der Waals surface area (Å²) < 4.78 is 5.29. The van der Waals surface area contributed by atoms with Crippen LogP contribution in [0.2, 0.25) is 0 Å². The van der Waals surface area contributed by atoms with Crippen molar-refractivity contribution in [3.63, 3.8) is 0 Å². The van der Waals surface area contributed by atoms with Crippen LogP contribution >= 0.6 is 0 Å². The van der Waals surface area contributed by atoms with E-state index in [9.17, 15) is 4.79 Å². The molecule has 0 aliphatic carbocycles. The molecule has 2 N–H and O–H groups in total. The lowest BCUT2D eigenvalue weighted by molar-refractivity contribution is 0.0945. The minimum absolute atomic E-state index is 0.200. The Balaban J connectivity index is 1.71. The second-order valence-corrected chi connectivity index (χ2v) is 5.96. The van der Waals surface area contributed by atoms with Crippen LogP contribution in [0.25, 0.3) is 11.3 Å². The predicted molar refractivity (Wildman–Crippen MR) is 97.7 cm³/mol. The van der Waals surface area contributed by atoms with Crippen LogP contribution in [0.1, 0.15) is 27.2 Å². The van der Waals surface area contributed by atoms with Crippen LogP contribution in [0.15, 0.2) is 48.5 Å². The van der Waals surface area contributed by atoms with Gasteiger partial charge in [0.1, 0.15) is 11.4 Å². The maximum atomic E-state index is 12.4. The van der Waals surface area contributed by atoms with Crippen molar-refractivity contribution >= 4 is 5.91 Å². The number of nitrogens with zero attached hydrogens (tertiary/aromatic N) is 1. The van der Waals surface area contributed by atoms with Crippen LogP contribution in [-0.2, 0) is 6.54 Å². The number of aryl methyl sites for hydroxylation is 2. The fourth-order valence-electron chi connectivity index (χ4n) is 2.61. The van der Waals surface area contributed by atoms with Crippen molar-refractivity contribution in [2.45, 2.75) is 20.4 Å². The predicted octanol–water partition coefficient (Wildman–Crippen LogP) is 3.63. The number of nitrogens with one attached hydrogen (secondary N) is 2. The van der Waals surface area contributed by atoms with Crippen molar-refractivity contribution in [1.82, 2.24) is 15.5 Å². The van der Waals surface area contributed by atoms with Crippen LogP contribution < -0.4 is 10.1 Å². The molecule has 5 heteroatoms. The van der Waals surface area contributed by atoms with Gasteiger partial charge in [-0.25, -0.2) is 0 Å². The number of hydrogen-bond donors (Lipinski definition) is 2. The molecule has 0 bridgehead atoms. The van der Waals surface area contributed by atoms with Gasteiger partial charge in [0.25, 0.3) is 5.91 Å². The number of amides is 1. The third-order valence-corrected chi connectivity index (χ3v) is 4.26. The number of carbonyl (C=O) groups excluding carboxylic acids is 1. The normalized spacial score (nSPS) is 10.5. The van der Waals surface area contributed by atoms with Crippen molar-refractivity contribution in [3.8, 4) is 17.0 Å². The number of methoxy groups -OCH3 is 1. The summed E-state index contributed by atoms with van der Waals surface area (Å²) in [6.07, 6.45) is 0. The molecule has 0 saturated heterocycles. The molecule has 3 aromatic rings. The van der Waals surface area contributed by atoms with Gasteiger partial charge in [-0.05, 0) is 43.2 Å². The summed E-state index contributed by atoms with van der Waals surface area (Å²) in [5.74, 6) is 0.553. The number of ether oxygens (including phenoxy) is 1. The SMILES string of the molecule is COc1ccccc1CNC(=O)c1cc(-c2ccc(C)c(C)c2)n[nH]1. The molecule has 3 rings (SSSR count).